The SMILES string of the molecule is OCc1cc(OCc2ccccc2F)ncc1Cl. The Kier molecular flexibility index (Phi) is 4.12. The summed E-state index contributed by atoms with van der Waals surface area (Å²) in [5.41, 5.74) is 0.968. The van der Waals surface area contributed by atoms with Crippen molar-refractivity contribution in [3.05, 3.63) is 58.5 Å². The summed E-state index contributed by atoms with van der Waals surface area (Å²) in [4.78, 5) is 3.94. The van der Waals surface area contributed by atoms with Crippen LogP contribution in [0.25, 0.3) is 0 Å². The van der Waals surface area contributed by atoms with E-state index in [0.29, 0.717) is 22.0 Å². The number of hydrogen-bond acceptors (Lipinski definition) is 3. The van der Waals surface area contributed by atoms with Crippen molar-refractivity contribution in [1.82, 2.24) is 4.98 Å². The number of pyridine rings is 1. The fourth-order valence-electron chi connectivity index (χ4n) is 1.43. The van der Waals surface area contributed by atoms with E-state index in [1.165, 1.54) is 18.3 Å². The van der Waals surface area contributed by atoms with Crippen LogP contribution >= 0.6 is 11.6 Å². The zero-order chi connectivity index (χ0) is 13.0. The van der Waals surface area contributed by atoms with Crippen LogP contribution in [0.15, 0.2) is 36.5 Å². The Bertz CT molecular complexity index is 548. The standard InChI is InChI=1S/C13H11ClFNO2/c14-11-6-16-13(5-10(11)7-17)18-8-9-3-1-2-4-12(9)15/h1-6,17H,7-8H2. The highest BCUT2D eigenvalue weighted by atomic mass is 35.5. The molecular weight excluding hydrogens is 257 g/mol. The third-order valence-corrected chi connectivity index (χ3v) is 2.75. The van der Waals surface area contributed by atoms with Crippen molar-refractivity contribution < 1.29 is 14.2 Å². The number of hydrogen-bond donors (Lipinski definition) is 1. The number of aromatic nitrogens is 1. The van der Waals surface area contributed by atoms with Crippen molar-refractivity contribution in [3.8, 4) is 5.88 Å². The van der Waals surface area contributed by atoms with E-state index < -0.39 is 0 Å². The summed E-state index contributed by atoms with van der Waals surface area (Å²) in [6.45, 7) is -0.121. The summed E-state index contributed by atoms with van der Waals surface area (Å²) in [6.07, 6.45) is 1.39. The van der Waals surface area contributed by atoms with Gasteiger partial charge in [0.25, 0.3) is 0 Å². The second kappa shape index (κ2) is 5.80. The van der Waals surface area contributed by atoms with Gasteiger partial charge in [-0.1, -0.05) is 29.8 Å². The number of rotatable bonds is 4. The van der Waals surface area contributed by atoms with Gasteiger partial charge in [-0.2, -0.15) is 0 Å². The van der Waals surface area contributed by atoms with Crippen molar-refractivity contribution in [1.29, 1.82) is 0 Å². The highest BCUT2D eigenvalue weighted by Crippen LogP contribution is 2.20. The van der Waals surface area contributed by atoms with Gasteiger partial charge in [0.2, 0.25) is 5.88 Å². The average molecular weight is 268 g/mol. The third-order valence-electron chi connectivity index (χ3n) is 2.41. The highest BCUT2D eigenvalue weighted by molar-refractivity contribution is 6.31. The molecule has 0 unspecified atom stereocenters. The molecule has 0 saturated heterocycles. The summed E-state index contributed by atoms with van der Waals surface area (Å²) in [5.74, 6) is -0.0273. The Labute approximate surface area is 109 Å². The number of nitrogens with zero attached hydrogens (tertiary/aromatic N) is 1. The summed E-state index contributed by atoms with van der Waals surface area (Å²) in [6, 6.07) is 7.88. The van der Waals surface area contributed by atoms with E-state index in [1.54, 1.807) is 18.2 Å². The molecule has 1 aromatic carbocycles. The van der Waals surface area contributed by atoms with E-state index in [2.05, 4.69) is 4.98 Å². The average Bonchev–Trinajstić information content (AvgIpc) is 2.39. The summed E-state index contributed by atoms with van der Waals surface area (Å²) in [5, 5.41) is 9.42. The quantitative estimate of drug-likeness (QED) is 0.926. The maximum absolute atomic E-state index is 13.3. The number of benzene rings is 1. The van der Waals surface area contributed by atoms with Crippen molar-refractivity contribution in [2.24, 2.45) is 0 Å². The first-order valence-electron chi connectivity index (χ1n) is 5.32. The van der Waals surface area contributed by atoms with Crippen molar-refractivity contribution >= 4 is 11.6 Å². The van der Waals surface area contributed by atoms with Crippen LogP contribution in [-0.4, -0.2) is 10.1 Å². The van der Waals surface area contributed by atoms with Gasteiger partial charge >= 0.3 is 0 Å². The molecule has 0 bridgehead atoms. The molecule has 0 spiro atoms. The van der Waals surface area contributed by atoms with Gasteiger partial charge < -0.3 is 9.84 Å². The molecular formula is C13H11ClFNO2. The van der Waals surface area contributed by atoms with Gasteiger partial charge in [-0.05, 0) is 6.07 Å². The van der Waals surface area contributed by atoms with Crippen molar-refractivity contribution in [3.63, 3.8) is 0 Å². The molecule has 0 amide bonds. The van der Waals surface area contributed by atoms with Gasteiger partial charge in [0.1, 0.15) is 12.4 Å². The van der Waals surface area contributed by atoms with Gasteiger partial charge in [-0.15, -0.1) is 0 Å². The number of aliphatic hydroxyl groups is 1. The van der Waals surface area contributed by atoms with Crippen LogP contribution in [-0.2, 0) is 13.2 Å². The van der Waals surface area contributed by atoms with Crippen LogP contribution in [0.1, 0.15) is 11.1 Å². The number of ether oxygens (including phenoxy) is 1. The first-order valence-corrected chi connectivity index (χ1v) is 5.70. The fraction of sp³-hybridized carbons (Fsp3) is 0.154. The Morgan fingerprint density at radius 2 is 2.06 bits per heavy atom. The lowest BCUT2D eigenvalue weighted by Gasteiger charge is -2.08. The number of halogens is 2. The molecule has 3 nitrogen and oxygen atoms in total. The molecule has 0 radical (unpaired) electrons. The van der Waals surface area contributed by atoms with Crippen LogP contribution in [0.2, 0.25) is 5.02 Å². The second-order valence-corrected chi connectivity index (χ2v) is 4.06. The Hall–Kier alpha value is -1.65. The van der Waals surface area contributed by atoms with Crippen LogP contribution < -0.4 is 4.74 Å². The molecule has 0 fully saturated rings. The fourth-order valence-corrected chi connectivity index (χ4v) is 1.59. The van der Waals surface area contributed by atoms with Gasteiger partial charge in [0, 0.05) is 23.4 Å². The predicted octanol–water partition coefficient (Wildman–Crippen LogP) is 2.95. The number of aliphatic hydroxyl groups excluding tert-OH is 1. The minimum absolute atomic E-state index is 0.0756. The Morgan fingerprint density at radius 1 is 1.28 bits per heavy atom. The zero-order valence-electron chi connectivity index (χ0n) is 9.44. The zero-order valence-corrected chi connectivity index (χ0v) is 10.2. The van der Waals surface area contributed by atoms with Crippen LogP contribution in [0.4, 0.5) is 4.39 Å². The molecule has 0 atom stereocenters. The molecule has 0 aliphatic heterocycles. The molecule has 5 heteroatoms. The van der Waals surface area contributed by atoms with Crippen LogP contribution in [0.5, 0.6) is 5.88 Å². The molecule has 0 aliphatic carbocycles. The Balaban J connectivity index is 2.09. The molecule has 2 rings (SSSR count). The second-order valence-electron chi connectivity index (χ2n) is 3.65. The minimum atomic E-state index is -0.325. The van der Waals surface area contributed by atoms with Crippen LogP contribution in [0, 0.1) is 5.82 Å². The van der Waals surface area contributed by atoms with Gasteiger partial charge in [-0.25, -0.2) is 9.37 Å². The lowest BCUT2D eigenvalue weighted by Crippen LogP contribution is -2.00. The van der Waals surface area contributed by atoms with E-state index in [0.717, 1.165) is 0 Å². The summed E-state index contributed by atoms with van der Waals surface area (Å²) < 4.78 is 18.7. The smallest absolute Gasteiger partial charge is 0.213 e. The van der Waals surface area contributed by atoms with Crippen LogP contribution in [0.3, 0.4) is 0 Å². The largest absolute Gasteiger partial charge is 0.473 e. The van der Waals surface area contributed by atoms with Gasteiger partial charge in [0.05, 0.1) is 11.6 Å². The summed E-state index contributed by atoms with van der Waals surface area (Å²) in [7, 11) is 0. The maximum atomic E-state index is 13.3. The first kappa shape index (κ1) is 12.8. The van der Waals surface area contributed by atoms with E-state index in [-0.39, 0.29) is 19.0 Å². The third kappa shape index (κ3) is 2.97. The molecule has 1 heterocycles. The van der Waals surface area contributed by atoms with E-state index >= 15 is 0 Å². The maximum Gasteiger partial charge on any atom is 0.213 e. The lowest BCUT2D eigenvalue weighted by molar-refractivity contribution is 0.273. The molecule has 0 saturated carbocycles. The molecule has 18 heavy (non-hydrogen) atoms. The monoisotopic (exact) mass is 267 g/mol. The topological polar surface area (TPSA) is 42.4 Å². The molecule has 94 valence electrons. The van der Waals surface area contributed by atoms with E-state index in [9.17, 15) is 4.39 Å². The molecule has 1 aromatic heterocycles. The normalized spacial score (nSPS) is 10.4. The van der Waals surface area contributed by atoms with Crippen molar-refractivity contribution in [2.45, 2.75) is 13.2 Å². The summed E-state index contributed by atoms with van der Waals surface area (Å²) >= 11 is 5.80. The highest BCUT2D eigenvalue weighted by Gasteiger charge is 2.05. The predicted molar refractivity (Wildman–Crippen MR) is 65.9 cm³/mol. The Morgan fingerprint density at radius 3 is 2.78 bits per heavy atom. The molecule has 0 aliphatic rings. The van der Waals surface area contributed by atoms with Gasteiger partial charge in [-0.3, -0.25) is 0 Å². The first-order chi connectivity index (χ1) is 8.70. The van der Waals surface area contributed by atoms with Gasteiger partial charge in [0.15, 0.2) is 0 Å². The van der Waals surface area contributed by atoms with E-state index in [4.69, 9.17) is 21.4 Å². The molecule has 1 N–H and O–H groups in total. The lowest BCUT2D eigenvalue weighted by atomic mass is 10.2. The molecule has 2 aromatic rings. The van der Waals surface area contributed by atoms with E-state index in [1.807, 2.05) is 0 Å². The van der Waals surface area contributed by atoms with Crippen molar-refractivity contribution in [2.75, 3.05) is 0 Å². The minimum Gasteiger partial charge on any atom is -0.473 e.